The van der Waals surface area contributed by atoms with Crippen molar-refractivity contribution in [3.8, 4) is 5.88 Å². The Morgan fingerprint density at radius 2 is 1.90 bits per heavy atom. The number of hydrogen-bond donors (Lipinski definition) is 1. The van der Waals surface area contributed by atoms with Gasteiger partial charge in [-0.3, -0.25) is 4.98 Å². The highest BCUT2D eigenvalue weighted by molar-refractivity contribution is 9.10. The van der Waals surface area contributed by atoms with Crippen molar-refractivity contribution in [1.29, 1.82) is 0 Å². The third-order valence-corrected chi connectivity index (χ3v) is 3.25. The number of aliphatic hydroxyl groups excluding tert-OH is 1. The lowest BCUT2D eigenvalue weighted by atomic mass is 9.99. The second-order valence-electron chi connectivity index (χ2n) is 4.08. The fraction of sp³-hybridized carbons (Fsp3) is 0.231. The number of halogens is 4. The largest absolute Gasteiger partial charge is 0.480 e. The molecular formula is C13H10BrF3N2O2. The van der Waals surface area contributed by atoms with Crippen LogP contribution in [0.2, 0.25) is 0 Å². The molecule has 4 nitrogen and oxygen atoms in total. The number of nitrogens with zero attached hydrogens (tertiary/aromatic N) is 2. The molecule has 0 aliphatic heterocycles. The lowest BCUT2D eigenvalue weighted by molar-refractivity contribution is -0.139. The number of aliphatic hydroxyl groups is 1. The van der Waals surface area contributed by atoms with Gasteiger partial charge in [-0.1, -0.05) is 22.0 Å². The van der Waals surface area contributed by atoms with Gasteiger partial charge in [-0.05, 0) is 17.7 Å². The van der Waals surface area contributed by atoms with Crippen molar-refractivity contribution in [1.82, 2.24) is 9.97 Å². The topological polar surface area (TPSA) is 55.2 Å². The Kier molecular flexibility index (Phi) is 4.48. The van der Waals surface area contributed by atoms with E-state index < -0.39 is 17.8 Å². The molecule has 1 aromatic carbocycles. The molecule has 0 amide bonds. The SMILES string of the molecule is COc1nccnc1C(O)c1ccc(Br)cc1C(F)(F)F. The molecule has 1 unspecified atom stereocenters. The Balaban J connectivity index is 2.56. The summed E-state index contributed by atoms with van der Waals surface area (Å²) in [6.07, 6.45) is -3.61. The number of rotatable bonds is 3. The summed E-state index contributed by atoms with van der Waals surface area (Å²) in [7, 11) is 1.30. The van der Waals surface area contributed by atoms with E-state index in [-0.39, 0.29) is 21.6 Å². The number of benzene rings is 1. The molecule has 1 N–H and O–H groups in total. The molecule has 0 spiro atoms. The summed E-state index contributed by atoms with van der Waals surface area (Å²) in [4.78, 5) is 7.67. The third kappa shape index (κ3) is 3.33. The summed E-state index contributed by atoms with van der Waals surface area (Å²) in [5.74, 6) is -0.0268. The van der Waals surface area contributed by atoms with Gasteiger partial charge in [0.2, 0.25) is 5.88 Å². The molecule has 0 fully saturated rings. The molecule has 8 heteroatoms. The van der Waals surface area contributed by atoms with E-state index in [1.165, 1.54) is 31.6 Å². The lowest BCUT2D eigenvalue weighted by Crippen LogP contribution is -2.14. The zero-order valence-electron chi connectivity index (χ0n) is 10.7. The van der Waals surface area contributed by atoms with E-state index in [0.29, 0.717) is 0 Å². The van der Waals surface area contributed by atoms with Crippen LogP contribution in [0.1, 0.15) is 22.9 Å². The molecule has 2 aromatic rings. The molecule has 1 atom stereocenters. The van der Waals surface area contributed by atoms with E-state index >= 15 is 0 Å². The van der Waals surface area contributed by atoms with Gasteiger partial charge in [0.25, 0.3) is 0 Å². The average molecular weight is 363 g/mol. The fourth-order valence-corrected chi connectivity index (χ4v) is 2.20. The highest BCUT2D eigenvalue weighted by atomic mass is 79.9. The molecule has 0 saturated carbocycles. The van der Waals surface area contributed by atoms with Crippen LogP contribution in [-0.2, 0) is 6.18 Å². The maximum atomic E-state index is 13.1. The minimum Gasteiger partial charge on any atom is -0.480 e. The molecule has 0 saturated heterocycles. The molecule has 0 aliphatic carbocycles. The van der Waals surface area contributed by atoms with Crippen LogP contribution in [0.3, 0.4) is 0 Å². The van der Waals surface area contributed by atoms with Crippen LogP contribution >= 0.6 is 15.9 Å². The van der Waals surface area contributed by atoms with Crippen LogP contribution in [0.15, 0.2) is 35.1 Å². The maximum absolute atomic E-state index is 13.1. The van der Waals surface area contributed by atoms with Gasteiger partial charge in [-0.25, -0.2) is 4.98 Å². The van der Waals surface area contributed by atoms with E-state index in [1.54, 1.807) is 0 Å². The maximum Gasteiger partial charge on any atom is 0.416 e. The van der Waals surface area contributed by atoms with E-state index in [1.807, 2.05) is 0 Å². The molecular weight excluding hydrogens is 353 g/mol. The number of methoxy groups -OCH3 is 1. The molecule has 112 valence electrons. The first-order valence-corrected chi connectivity index (χ1v) is 6.53. The standard InChI is InChI=1S/C13H10BrF3N2O2/c1-21-12-10(18-4-5-19-12)11(20)8-3-2-7(14)6-9(8)13(15,16)17/h2-6,11,20H,1H3. The minimum absolute atomic E-state index is 0.0268. The first kappa shape index (κ1) is 15.7. The molecule has 1 aromatic heterocycles. The zero-order valence-corrected chi connectivity index (χ0v) is 12.3. The molecule has 0 bridgehead atoms. The Labute approximate surface area is 126 Å². The Morgan fingerprint density at radius 1 is 1.24 bits per heavy atom. The number of ether oxygens (including phenoxy) is 1. The molecule has 0 radical (unpaired) electrons. The summed E-state index contributed by atoms with van der Waals surface area (Å²) in [6.45, 7) is 0. The van der Waals surface area contributed by atoms with Crippen molar-refractivity contribution in [3.63, 3.8) is 0 Å². The quantitative estimate of drug-likeness (QED) is 0.909. The summed E-state index contributed by atoms with van der Waals surface area (Å²) < 4.78 is 44.4. The average Bonchev–Trinajstić information content (AvgIpc) is 2.45. The monoisotopic (exact) mass is 362 g/mol. The molecule has 1 heterocycles. The van der Waals surface area contributed by atoms with E-state index in [9.17, 15) is 18.3 Å². The van der Waals surface area contributed by atoms with Crippen molar-refractivity contribution in [2.24, 2.45) is 0 Å². The number of hydrogen-bond acceptors (Lipinski definition) is 4. The van der Waals surface area contributed by atoms with E-state index in [4.69, 9.17) is 4.74 Å². The van der Waals surface area contributed by atoms with Gasteiger partial charge >= 0.3 is 6.18 Å². The third-order valence-electron chi connectivity index (χ3n) is 2.76. The first-order valence-electron chi connectivity index (χ1n) is 5.74. The van der Waals surface area contributed by atoms with Crippen LogP contribution < -0.4 is 4.74 Å². The smallest absolute Gasteiger partial charge is 0.416 e. The first-order chi connectivity index (χ1) is 9.84. The van der Waals surface area contributed by atoms with Crippen molar-refractivity contribution < 1.29 is 23.0 Å². The van der Waals surface area contributed by atoms with Crippen molar-refractivity contribution in [2.45, 2.75) is 12.3 Å². The fourth-order valence-electron chi connectivity index (χ4n) is 1.84. The van der Waals surface area contributed by atoms with Crippen LogP contribution in [0.4, 0.5) is 13.2 Å². The van der Waals surface area contributed by atoms with Gasteiger partial charge < -0.3 is 9.84 Å². The van der Waals surface area contributed by atoms with Gasteiger partial charge in [-0.15, -0.1) is 0 Å². The van der Waals surface area contributed by atoms with Gasteiger partial charge in [0.15, 0.2) is 0 Å². The Morgan fingerprint density at radius 3 is 2.52 bits per heavy atom. The van der Waals surface area contributed by atoms with E-state index in [2.05, 4.69) is 25.9 Å². The molecule has 21 heavy (non-hydrogen) atoms. The normalized spacial score (nSPS) is 13.0. The predicted molar refractivity (Wildman–Crippen MR) is 71.8 cm³/mol. The predicted octanol–water partition coefficient (Wildman–Crippen LogP) is 3.35. The number of alkyl halides is 3. The van der Waals surface area contributed by atoms with Crippen LogP contribution in [-0.4, -0.2) is 22.2 Å². The van der Waals surface area contributed by atoms with Crippen molar-refractivity contribution >= 4 is 15.9 Å². The Bertz CT molecular complexity index is 650. The van der Waals surface area contributed by atoms with Crippen molar-refractivity contribution in [2.75, 3.05) is 7.11 Å². The van der Waals surface area contributed by atoms with Crippen LogP contribution in [0, 0.1) is 0 Å². The summed E-state index contributed by atoms with van der Waals surface area (Å²) in [5.41, 5.74) is -1.34. The minimum atomic E-state index is -4.60. The Hall–Kier alpha value is -1.67. The van der Waals surface area contributed by atoms with E-state index in [0.717, 1.165) is 6.07 Å². The summed E-state index contributed by atoms with van der Waals surface area (Å²) in [6, 6.07) is 3.50. The molecule has 0 aliphatic rings. The second kappa shape index (κ2) is 5.98. The molecule has 2 rings (SSSR count). The van der Waals surface area contributed by atoms with Crippen LogP contribution in [0.25, 0.3) is 0 Å². The summed E-state index contributed by atoms with van der Waals surface area (Å²) in [5, 5.41) is 10.2. The highest BCUT2D eigenvalue weighted by Crippen LogP contribution is 2.38. The highest BCUT2D eigenvalue weighted by Gasteiger charge is 2.36. The second-order valence-corrected chi connectivity index (χ2v) is 5.00. The van der Waals surface area contributed by atoms with Gasteiger partial charge in [0.05, 0.1) is 12.7 Å². The zero-order chi connectivity index (χ0) is 15.6. The lowest BCUT2D eigenvalue weighted by Gasteiger charge is -2.18. The summed E-state index contributed by atoms with van der Waals surface area (Å²) >= 11 is 2.99. The number of aromatic nitrogens is 2. The van der Waals surface area contributed by atoms with Gasteiger partial charge in [0.1, 0.15) is 11.8 Å². The van der Waals surface area contributed by atoms with Crippen molar-refractivity contribution in [3.05, 3.63) is 51.9 Å². The van der Waals surface area contributed by atoms with Gasteiger partial charge in [0, 0.05) is 16.9 Å². The van der Waals surface area contributed by atoms with Crippen LogP contribution in [0.5, 0.6) is 5.88 Å². The van der Waals surface area contributed by atoms with Gasteiger partial charge in [-0.2, -0.15) is 13.2 Å².